The van der Waals surface area contributed by atoms with Crippen molar-refractivity contribution in [2.75, 3.05) is 39.0 Å². The Morgan fingerprint density at radius 1 is 1.61 bits per heavy atom. The van der Waals surface area contributed by atoms with Crippen LogP contribution in [0, 0.1) is 0 Å². The number of amides is 1. The van der Waals surface area contributed by atoms with E-state index in [1.165, 1.54) is 0 Å². The first-order valence-electron chi connectivity index (χ1n) is 6.09. The van der Waals surface area contributed by atoms with Crippen LogP contribution in [0.25, 0.3) is 0 Å². The number of carbonyl (C=O) groups excluding carboxylic acids is 1. The van der Waals surface area contributed by atoms with Gasteiger partial charge in [0.2, 0.25) is 0 Å². The van der Waals surface area contributed by atoms with Gasteiger partial charge in [-0.05, 0) is 25.2 Å². The summed E-state index contributed by atoms with van der Waals surface area (Å²) in [7, 11) is 2.05. The summed E-state index contributed by atoms with van der Waals surface area (Å²) in [5.41, 5.74) is 6.82. The molecule has 1 aliphatic heterocycles. The molecular formula is C13H19N3O2. The van der Waals surface area contributed by atoms with E-state index in [0.717, 1.165) is 19.7 Å². The molecule has 1 unspecified atom stereocenters. The van der Waals surface area contributed by atoms with Gasteiger partial charge in [-0.2, -0.15) is 0 Å². The molecule has 0 aromatic heterocycles. The zero-order valence-electron chi connectivity index (χ0n) is 10.6. The first-order valence-corrected chi connectivity index (χ1v) is 6.09. The zero-order valence-corrected chi connectivity index (χ0v) is 10.6. The average Bonchev–Trinajstić information content (AvgIpc) is 2.36. The maximum Gasteiger partial charge on any atom is 0.251 e. The lowest BCUT2D eigenvalue weighted by Crippen LogP contribution is -2.45. The second-order valence-electron chi connectivity index (χ2n) is 4.59. The summed E-state index contributed by atoms with van der Waals surface area (Å²) < 4.78 is 5.58. The van der Waals surface area contributed by atoms with Gasteiger partial charge in [-0.1, -0.05) is 6.07 Å². The summed E-state index contributed by atoms with van der Waals surface area (Å²) in [5, 5.41) is 2.87. The number of benzene rings is 1. The average molecular weight is 249 g/mol. The summed E-state index contributed by atoms with van der Waals surface area (Å²) in [5.74, 6) is -0.112. The molecule has 1 aromatic rings. The molecule has 0 bridgehead atoms. The molecule has 5 heteroatoms. The molecule has 0 spiro atoms. The van der Waals surface area contributed by atoms with Crippen LogP contribution in [0.15, 0.2) is 24.3 Å². The summed E-state index contributed by atoms with van der Waals surface area (Å²) >= 11 is 0. The fraction of sp³-hybridized carbons (Fsp3) is 0.462. The third-order valence-electron chi connectivity index (χ3n) is 2.98. The monoisotopic (exact) mass is 249 g/mol. The van der Waals surface area contributed by atoms with Crippen molar-refractivity contribution in [3.8, 4) is 0 Å². The van der Waals surface area contributed by atoms with Gasteiger partial charge in [0.25, 0.3) is 5.91 Å². The summed E-state index contributed by atoms with van der Waals surface area (Å²) in [6.45, 7) is 3.03. The standard InChI is InChI=1S/C13H19N3O2/c1-16-5-6-18-12(9-16)8-15-13(17)10-3-2-4-11(14)7-10/h2-4,7,12H,5-6,8-9,14H2,1H3,(H,15,17). The Balaban J connectivity index is 1.84. The molecule has 0 aliphatic carbocycles. The highest BCUT2D eigenvalue weighted by molar-refractivity contribution is 5.94. The molecular weight excluding hydrogens is 230 g/mol. The molecule has 98 valence electrons. The predicted molar refractivity (Wildman–Crippen MR) is 70.4 cm³/mol. The van der Waals surface area contributed by atoms with Crippen molar-refractivity contribution in [2.45, 2.75) is 6.10 Å². The number of hydrogen-bond acceptors (Lipinski definition) is 4. The highest BCUT2D eigenvalue weighted by Crippen LogP contribution is 2.07. The first-order chi connectivity index (χ1) is 8.65. The van der Waals surface area contributed by atoms with Crippen molar-refractivity contribution < 1.29 is 9.53 Å². The van der Waals surface area contributed by atoms with Crippen LogP contribution in [-0.4, -0.2) is 50.2 Å². The first kappa shape index (κ1) is 12.9. The second kappa shape index (κ2) is 5.84. The van der Waals surface area contributed by atoms with Gasteiger partial charge in [0.15, 0.2) is 0 Å². The summed E-state index contributed by atoms with van der Waals surface area (Å²) in [6, 6.07) is 6.95. The fourth-order valence-corrected chi connectivity index (χ4v) is 1.98. The Morgan fingerprint density at radius 3 is 3.17 bits per heavy atom. The van der Waals surface area contributed by atoms with Gasteiger partial charge in [-0.25, -0.2) is 0 Å². The molecule has 0 saturated carbocycles. The Bertz CT molecular complexity index is 422. The minimum atomic E-state index is -0.112. The van der Waals surface area contributed by atoms with Crippen LogP contribution in [0.4, 0.5) is 5.69 Å². The van der Waals surface area contributed by atoms with Crippen molar-refractivity contribution in [2.24, 2.45) is 0 Å². The Kier molecular flexibility index (Phi) is 4.17. The summed E-state index contributed by atoms with van der Waals surface area (Å²) in [4.78, 5) is 14.1. The fourth-order valence-electron chi connectivity index (χ4n) is 1.98. The van der Waals surface area contributed by atoms with Gasteiger partial charge in [0, 0.05) is 30.9 Å². The number of ether oxygens (including phenoxy) is 1. The van der Waals surface area contributed by atoms with E-state index in [9.17, 15) is 4.79 Å². The maximum absolute atomic E-state index is 11.9. The Hall–Kier alpha value is -1.59. The number of anilines is 1. The Morgan fingerprint density at radius 2 is 2.44 bits per heavy atom. The van der Waals surface area contributed by atoms with Gasteiger partial charge < -0.3 is 20.7 Å². The quantitative estimate of drug-likeness (QED) is 0.758. The molecule has 3 N–H and O–H groups in total. The smallest absolute Gasteiger partial charge is 0.251 e. The zero-order chi connectivity index (χ0) is 13.0. The van der Waals surface area contributed by atoms with Gasteiger partial charge in [0.1, 0.15) is 0 Å². The van der Waals surface area contributed by atoms with Crippen molar-refractivity contribution in [3.05, 3.63) is 29.8 Å². The van der Waals surface area contributed by atoms with E-state index in [2.05, 4.69) is 17.3 Å². The van der Waals surface area contributed by atoms with E-state index >= 15 is 0 Å². The number of nitrogens with one attached hydrogen (secondary N) is 1. The van der Waals surface area contributed by atoms with E-state index in [0.29, 0.717) is 17.8 Å². The predicted octanol–water partition coefficient (Wildman–Crippen LogP) is 0.329. The number of nitrogens with zero attached hydrogens (tertiary/aromatic N) is 1. The summed E-state index contributed by atoms with van der Waals surface area (Å²) in [6.07, 6.45) is 0.0637. The molecule has 1 heterocycles. The van der Waals surface area contributed by atoms with Gasteiger partial charge in [-0.15, -0.1) is 0 Å². The van der Waals surface area contributed by atoms with E-state index < -0.39 is 0 Å². The van der Waals surface area contributed by atoms with Crippen LogP contribution in [0.5, 0.6) is 0 Å². The number of carbonyl (C=O) groups is 1. The van der Waals surface area contributed by atoms with Crippen LogP contribution in [0.3, 0.4) is 0 Å². The van der Waals surface area contributed by atoms with Crippen LogP contribution in [-0.2, 0) is 4.74 Å². The molecule has 0 radical (unpaired) electrons. The molecule has 1 saturated heterocycles. The van der Waals surface area contributed by atoms with Gasteiger partial charge in [0.05, 0.1) is 12.7 Å². The SMILES string of the molecule is CN1CCOC(CNC(=O)c2cccc(N)c2)C1. The molecule has 1 aromatic carbocycles. The van der Waals surface area contributed by atoms with Crippen LogP contribution in [0.1, 0.15) is 10.4 Å². The van der Waals surface area contributed by atoms with Crippen molar-refractivity contribution in [1.82, 2.24) is 10.2 Å². The van der Waals surface area contributed by atoms with Gasteiger partial charge in [-0.3, -0.25) is 4.79 Å². The van der Waals surface area contributed by atoms with E-state index in [4.69, 9.17) is 10.5 Å². The molecule has 1 amide bonds. The molecule has 5 nitrogen and oxygen atoms in total. The van der Waals surface area contributed by atoms with Crippen LogP contribution in [0.2, 0.25) is 0 Å². The normalized spacial score (nSPS) is 20.6. The lowest BCUT2D eigenvalue weighted by molar-refractivity contribution is -0.0175. The largest absolute Gasteiger partial charge is 0.399 e. The van der Waals surface area contributed by atoms with E-state index in [1.54, 1.807) is 24.3 Å². The van der Waals surface area contributed by atoms with E-state index in [-0.39, 0.29) is 12.0 Å². The third-order valence-corrected chi connectivity index (χ3v) is 2.98. The Labute approximate surface area is 107 Å². The highest BCUT2D eigenvalue weighted by atomic mass is 16.5. The minimum Gasteiger partial charge on any atom is -0.399 e. The molecule has 1 aliphatic rings. The van der Waals surface area contributed by atoms with Gasteiger partial charge >= 0.3 is 0 Å². The highest BCUT2D eigenvalue weighted by Gasteiger charge is 2.18. The number of nitrogen functional groups attached to an aromatic ring is 1. The maximum atomic E-state index is 11.9. The van der Waals surface area contributed by atoms with E-state index in [1.807, 2.05) is 0 Å². The number of nitrogens with two attached hydrogens (primary N) is 1. The van der Waals surface area contributed by atoms with Crippen molar-refractivity contribution in [1.29, 1.82) is 0 Å². The number of morpholine rings is 1. The third kappa shape index (κ3) is 3.45. The van der Waals surface area contributed by atoms with Crippen molar-refractivity contribution >= 4 is 11.6 Å². The molecule has 1 fully saturated rings. The lowest BCUT2D eigenvalue weighted by Gasteiger charge is -2.30. The van der Waals surface area contributed by atoms with Crippen LogP contribution >= 0.6 is 0 Å². The molecule has 2 rings (SSSR count). The molecule has 1 atom stereocenters. The number of hydrogen-bond donors (Lipinski definition) is 2. The van der Waals surface area contributed by atoms with Crippen LogP contribution < -0.4 is 11.1 Å². The number of likely N-dealkylation sites (N-methyl/N-ethyl adjacent to an activating group) is 1. The molecule has 18 heavy (non-hydrogen) atoms. The van der Waals surface area contributed by atoms with Crippen molar-refractivity contribution in [3.63, 3.8) is 0 Å². The number of rotatable bonds is 3. The topological polar surface area (TPSA) is 67.6 Å². The lowest BCUT2D eigenvalue weighted by atomic mass is 10.2. The minimum absolute atomic E-state index is 0.0637. The second-order valence-corrected chi connectivity index (χ2v) is 4.59.